The lowest BCUT2D eigenvalue weighted by Gasteiger charge is -2.23. The number of carbonyl (C=O) groups excluding carboxylic acids is 2. The molecule has 1 saturated heterocycles. The van der Waals surface area contributed by atoms with Crippen LogP contribution in [0.25, 0.3) is 0 Å². The van der Waals surface area contributed by atoms with Gasteiger partial charge in [0.25, 0.3) is 0 Å². The van der Waals surface area contributed by atoms with Gasteiger partial charge in [-0.25, -0.2) is 9.59 Å². The predicted octanol–water partition coefficient (Wildman–Crippen LogP) is 3.33. The van der Waals surface area contributed by atoms with Crippen LogP contribution in [0, 0.1) is 5.92 Å². The summed E-state index contributed by atoms with van der Waals surface area (Å²) < 4.78 is 10.6. The third-order valence-electron chi connectivity index (χ3n) is 3.83. The van der Waals surface area contributed by atoms with E-state index in [4.69, 9.17) is 9.47 Å². The average Bonchev–Trinajstić information content (AvgIpc) is 2.94. The Hall–Kier alpha value is -2.50. The highest BCUT2D eigenvalue weighted by Gasteiger charge is 2.36. The molecule has 6 nitrogen and oxygen atoms in total. The fourth-order valence-corrected chi connectivity index (χ4v) is 2.64. The van der Waals surface area contributed by atoms with E-state index in [1.165, 1.54) is 0 Å². The zero-order valence-electron chi connectivity index (χ0n) is 15.0. The molecule has 25 heavy (non-hydrogen) atoms. The number of nitrogens with zero attached hydrogens (tertiary/aromatic N) is 1. The van der Waals surface area contributed by atoms with E-state index >= 15 is 0 Å². The van der Waals surface area contributed by atoms with Crippen molar-refractivity contribution in [1.29, 1.82) is 0 Å². The van der Waals surface area contributed by atoms with E-state index in [1.807, 2.05) is 30.3 Å². The van der Waals surface area contributed by atoms with Crippen LogP contribution >= 0.6 is 0 Å². The van der Waals surface area contributed by atoms with Crippen LogP contribution in [-0.2, 0) is 16.1 Å². The molecule has 0 bridgehead atoms. The summed E-state index contributed by atoms with van der Waals surface area (Å²) in [6.45, 7) is 10.2. The van der Waals surface area contributed by atoms with Crippen LogP contribution in [0.2, 0.25) is 0 Å². The Balaban J connectivity index is 1.88. The summed E-state index contributed by atoms with van der Waals surface area (Å²) in [4.78, 5) is 25.8. The molecule has 1 aliphatic heterocycles. The van der Waals surface area contributed by atoms with Crippen molar-refractivity contribution in [1.82, 2.24) is 10.2 Å². The first-order chi connectivity index (χ1) is 11.8. The first-order valence-electron chi connectivity index (χ1n) is 8.36. The third kappa shape index (κ3) is 5.81. The topological polar surface area (TPSA) is 67.9 Å². The molecule has 0 aromatic heterocycles. The minimum Gasteiger partial charge on any atom is -0.445 e. The Kier molecular flexibility index (Phi) is 6.07. The van der Waals surface area contributed by atoms with Gasteiger partial charge in [0, 0.05) is 19.0 Å². The molecule has 0 unspecified atom stereocenters. The van der Waals surface area contributed by atoms with E-state index in [9.17, 15) is 9.59 Å². The highest BCUT2D eigenvalue weighted by molar-refractivity contribution is 5.70. The first kappa shape index (κ1) is 18.8. The average molecular weight is 346 g/mol. The normalized spacial score (nSPS) is 20.0. The van der Waals surface area contributed by atoms with E-state index in [0.717, 1.165) is 5.56 Å². The fraction of sp³-hybridized carbons (Fsp3) is 0.474. The molecular formula is C19H26N2O4. The molecule has 0 aliphatic carbocycles. The van der Waals surface area contributed by atoms with Crippen molar-refractivity contribution >= 4 is 12.2 Å². The first-order valence-corrected chi connectivity index (χ1v) is 8.36. The number of carbonyl (C=O) groups is 2. The van der Waals surface area contributed by atoms with Crippen molar-refractivity contribution in [3.8, 4) is 0 Å². The molecule has 1 heterocycles. The lowest BCUT2D eigenvalue weighted by Crippen LogP contribution is -2.43. The number of hydrogen-bond donors (Lipinski definition) is 1. The maximum Gasteiger partial charge on any atom is 0.410 e. The van der Waals surface area contributed by atoms with E-state index in [1.54, 1.807) is 31.7 Å². The molecule has 2 atom stereocenters. The highest BCUT2D eigenvalue weighted by atomic mass is 16.6. The van der Waals surface area contributed by atoms with Crippen molar-refractivity contribution < 1.29 is 19.1 Å². The number of ether oxygens (including phenoxy) is 2. The minimum atomic E-state index is -0.569. The molecule has 2 amide bonds. The summed E-state index contributed by atoms with van der Waals surface area (Å²) in [5.74, 6) is -0.0446. The summed E-state index contributed by atoms with van der Waals surface area (Å²) in [5.41, 5.74) is 0.361. The number of likely N-dealkylation sites (tertiary alicyclic amines) is 1. The molecule has 1 aromatic carbocycles. The van der Waals surface area contributed by atoms with Crippen LogP contribution < -0.4 is 5.32 Å². The molecule has 1 fully saturated rings. The van der Waals surface area contributed by atoms with Gasteiger partial charge in [0.1, 0.15) is 12.2 Å². The Morgan fingerprint density at radius 3 is 2.56 bits per heavy atom. The molecule has 1 aromatic rings. The smallest absolute Gasteiger partial charge is 0.410 e. The monoisotopic (exact) mass is 346 g/mol. The Morgan fingerprint density at radius 1 is 1.28 bits per heavy atom. The van der Waals surface area contributed by atoms with E-state index in [-0.39, 0.29) is 18.6 Å². The maximum absolute atomic E-state index is 12.3. The summed E-state index contributed by atoms with van der Waals surface area (Å²) in [6, 6.07) is 9.26. The number of benzene rings is 1. The molecule has 6 heteroatoms. The highest BCUT2D eigenvalue weighted by Crippen LogP contribution is 2.20. The number of nitrogens with one attached hydrogen (secondary N) is 1. The van der Waals surface area contributed by atoms with E-state index < -0.39 is 17.8 Å². The van der Waals surface area contributed by atoms with Gasteiger partial charge in [-0.15, -0.1) is 6.58 Å². The van der Waals surface area contributed by atoms with Crippen LogP contribution in [-0.4, -0.2) is 41.8 Å². The summed E-state index contributed by atoms with van der Waals surface area (Å²) in [6.07, 6.45) is 0.847. The van der Waals surface area contributed by atoms with Gasteiger partial charge in [-0.05, 0) is 26.3 Å². The second kappa shape index (κ2) is 8.05. The maximum atomic E-state index is 12.3. The van der Waals surface area contributed by atoms with Gasteiger partial charge in [0.15, 0.2) is 0 Å². The zero-order chi connectivity index (χ0) is 18.4. The van der Waals surface area contributed by atoms with Crippen molar-refractivity contribution in [3.05, 3.63) is 48.6 Å². The van der Waals surface area contributed by atoms with Gasteiger partial charge in [-0.1, -0.05) is 36.4 Å². The molecule has 0 radical (unpaired) electrons. The Labute approximate surface area is 148 Å². The van der Waals surface area contributed by atoms with Gasteiger partial charge in [-0.3, -0.25) is 0 Å². The van der Waals surface area contributed by atoms with Gasteiger partial charge in [0.05, 0.1) is 6.04 Å². The second-order valence-corrected chi connectivity index (χ2v) is 7.10. The predicted molar refractivity (Wildman–Crippen MR) is 95.0 cm³/mol. The molecule has 1 aliphatic rings. The van der Waals surface area contributed by atoms with E-state index in [0.29, 0.717) is 13.1 Å². The lowest BCUT2D eigenvalue weighted by molar-refractivity contribution is 0.0497. The molecule has 136 valence electrons. The summed E-state index contributed by atoms with van der Waals surface area (Å²) in [7, 11) is 0. The molecule has 0 spiro atoms. The second-order valence-electron chi connectivity index (χ2n) is 7.10. The number of rotatable bonds is 4. The van der Waals surface area contributed by atoms with Crippen LogP contribution in [0.15, 0.2) is 43.0 Å². The Morgan fingerprint density at radius 2 is 1.96 bits per heavy atom. The van der Waals surface area contributed by atoms with Crippen LogP contribution in [0.1, 0.15) is 26.3 Å². The third-order valence-corrected chi connectivity index (χ3v) is 3.83. The van der Waals surface area contributed by atoms with Crippen molar-refractivity contribution in [2.45, 2.75) is 39.0 Å². The molecular weight excluding hydrogens is 320 g/mol. The van der Waals surface area contributed by atoms with Gasteiger partial charge in [-0.2, -0.15) is 0 Å². The number of hydrogen-bond acceptors (Lipinski definition) is 4. The van der Waals surface area contributed by atoms with Gasteiger partial charge >= 0.3 is 12.2 Å². The SMILES string of the molecule is C=C[C@H]1CN(C(=O)OCc2ccccc2)C[C@H]1NC(=O)OC(C)(C)C. The molecule has 0 saturated carbocycles. The van der Waals surface area contributed by atoms with Crippen molar-refractivity contribution in [3.63, 3.8) is 0 Å². The van der Waals surface area contributed by atoms with Crippen molar-refractivity contribution in [2.24, 2.45) is 5.92 Å². The lowest BCUT2D eigenvalue weighted by atomic mass is 10.0. The van der Waals surface area contributed by atoms with E-state index in [2.05, 4.69) is 11.9 Å². The molecule has 2 rings (SSSR count). The quantitative estimate of drug-likeness (QED) is 0.849. The van der Waals surface area contributed by atoms with Gasteiger partial charge < -0.3 is 19.7 Å². The molecule has 1 N–H and O–H groups in total. The summed E-state index contributed by atoms with van der Waals surface area (Å²) >= 11 is 0. The minimum absolute atomic E-state index is 0.0446. The van der Waals surface area contributed by atoms with Crippen LogP contribution in [0.4, 0.5) is 9.59 Å². The van der Waals surface area contributed by atoms with Crippen molar-refractivity contribution in [2.75, 3.05) is 13.1 Å². The number of alkyl carbamates (subject to hydrolysis) is 1. The number of amides is 2. The zero-order valence-corrected chi connectivity index (χ0v) is 15.0. The van der Waals surface area contributed by atoms with Gasteiger partial charge in [0.2, 0.25) is 0 Å². The van der Waals surface area contributed by atoms with Crippen LogP contribution in [0.5, 0.6) is 0 Å². The fourth-order valence-electron chi connectivity index (χ4n) is 2.64. The largest absolute Gasteiger partial charge is 0.445 e. The standard InChI is InChI=1S/C19H26N2O4/c1-5-15-11-21(12-16(15)20-17(22)25-19(2,3)4)18(23)24-13-14-9-7-6-8-10-14/h5-10,15-16H,1,11-13H2,2-4H3,(H,20,22)/t15-,16+/m0/s1. The summed E-state index contributed by atoms with van der Waals surface area (Å²) in [5, 5.41) is 2.81. The van der Waals surface area contributed by atoms with Crippen LogP contribution in [0.3, 0.4) is 0 Å². The Bertz CT molecular complexity index is 610.